The van der Waals surface area contributed by atoms with Crippen LogP contribution in [-0.2, 0) is 14.3 Å². The average molecular weight is 1150 g/mol. The van der Waals surface area contributed by atoms with Crippen molar-refractivity contribution in [1.29, 1.82) is 0 Å². The molecule has 1 rings (SSSR count). The van der Waals surface area contributed by atoms with Crippen LogP contribution in [0.3, 0.4) is 0 Å². The van der Waals surface area contributed by atoms with Crippen LogP contribution in [0.15, 0.2) is 36.5 Å². The lowest BCUT2D eigenvalue weighted by molar-refractivity contribution is -0.303. The van der Waals surface area contributed by atoms with Gasteiger partial charge < -0.3 is 50.5 Å². The summed E-state index contributed by atoms with van der Waals surface area (Å²) in [4.78, 5) is 13.2. The zero-order valence-corrected chi connectivity index (χ0v) is 52.8. The molecule has 0 saturated carbocycles. The Labute approximate surface area is 498 Å². The lowest BCUT2D eigenvalue weighted by atomic mass is 9.98. The van der Waals surface area contributed by atoms with E-state index in [0.29, 0.717) is 19.3 Å². The minimum atomic E-state index is -1.67. The molecular formula is C70H133NO10. The molecule has 0 spiro atoms. The first-order valence-corrected chi connectivity index (χ1v) is 34.9. The molecule has 9 atom stereocenters. The fraction of sp³-hybridized carbons (Fsp3) is 0.900. The molecule has 1 saturated heterocycles. The number of nitrogens with one attached hydrogen (secondary N) is 1. The van der Waals surface area contributed by atoms with Crippen LogP contribution in [0, 0.1) is 0 Å². The summed E-state index contributed by atoms with van der Waals surface area (Å²) in [6.07, 6.45) is 63.8. The Morgan fingerprint density at radius 3 is 1.10 bits per heavy atom. The lowest BCUT2D eigenvalue weighted by Crippen LogP contribution is -2.60. The number of amides is 1. The van der Waals surface area contributed by atoms with Crippen molar-refractivity contribution in [2.75, 3.05) is 13.2 Å². The number of hydrogen-bond donors (Lipinski definition) is 8. The Bertz CT molecular complexity index is 1410. The summed E-state index contributed by atoms with van der Waals surface area (Å²) in [6.45, 7) is 3.48. The van der Waals surface area contributed by atoms with Crippen LogP contribution >= 0.6 is 0 Å². The molecule has 478 valence electrons. The minimum Gasteiger partial charge on any atom is -0.394 e. The van der Waals surface area contributed by atoms with Gasteiger partial charge in [-0.05, 0) is 64.2 Å². The first-order valence-electron chi connectivity index (χ1n) is 34.9. The molecular weight excluding hydrogens is 1010 g/mol. The Hall–Kier alpha value is -1.67. The smallest absolute Gasteiger partial charge is 0.249 e. The number of aliphatic hydroxyl groups is 7. The second-order valence-corrected chi connectivity index (χ2v) is 24.6. The highest BCUT2D eigenvalue weighted by atomic mass is 16.7. The molecule has 1 aliphatic heterocycles. The van der Waals surface area contributed by atoms with E-state index < -0.39 is 74.2 Å². The highest BCUT2D eigenvalue weighted by molar-refractivity contribution is 5.80. The number of carbonyl (C=O) groups excluding carboxylic acids is 1. The molecule has 9 unspecified atom stereocenters. The van der Waals surface area contributed by atoms with Gasteiger partial charge in [-0.2, -0.15) is 0 Å². The van der Waals surface area contributed by atoms with Gasteiger partial charge in [0.25, 0.3) is 0 Å². The molecule has 0 aromatic heterocycles. The van der Waals surface area contributed by atoms with Gasteiger partial charge in [0.2, 0.25) is 5.91 Å². The summed E-state index contributed by atoms with van der Waals surface area (Å²) in [5.41, 5.74) is 0. The predicted molar refractivity (Wildman–Crippen MR) is 339 cm³/mol. The van der Waals surface area contributed by atoms with Gasteiger partial charge in [0.05, 0.1) is 25.4 Å². The number of rotatable bonds is 61. The van der Waals surface area contributed by atoms with Crippen LogP contribution in [0.4, 0.5) is 0 Å². The molecule has 1 fully saturated rings. The molecule has 1 amide bonds. The third-order valence-corrected chi connectivity index (χ3v) is 16.9. The molecule has 8 N–H and O–H groups in total. The van der Waals surface area contributed by atoms with Crippen molar-refractivity contribution in [3.8, 4) is 0 Å². The third-order valence-electron chi connectivity index (χ3n) is 16.9. The number of carbonyl (C=O) groups is 1. The van der Waals surface area contributed by atoms with Gasteiger partial charge in [0.1, 0.15) is 36.6 Å². The molecule has 1 aliphatic rings. The van der Waals surface area contributed by atoms with Crippen molar-refractivity contribution < 1.29 is 50.0 Å². The second kappa shape index (κ2) is 58.7. The van der Waals surface area contributed by atoms with E-state index in [-0.39, 0.29) is 12.8 Å². The first kappa shape index (κ1) is 77.3. The van der Waals surface area contributed by atoms with E-state index in [1.165, 1.54) is 244 Å². The van der Waals surface area contributed by atoms with Gasteiger partial charge in [0.15, 0.2) is 6.29 Å². The van der Waals surface area contributed by atoms with E-state index in [0.717, 1.165) is 44.9 Å². The van der Waals surface area contributed by atoms with Crippen molar-refractivity contribution in [3.05, 3.63) is 36.5 Å². The van der Waals surface area contributed by atoms with E-state index >= 15 is 0 Å². The monoisotopic (exact) mass is 1150 g/mol. The van der Waals surface area contributed by atoms with E-state index in [4.69, 9.17) is 9.47 Å². The van der Waals surface area contributed by atoms with Crippen molar-refractivity contribution in [1.82, 2.24) is 5.32 Å². The molecule has 11 heteroatoms. The zero-order chi connectivity index (χ0) is 58.9. The predicted octanol–water partition coefficient (Wildman–Crippen LogP) is 16.6. The maximum absolute atomic E-state index is 13.2. The van der Waals surface area contributed by atoms with Crippen LogP contribution in [0.1, 0.15) is 335 Å². The van der Waals surface area contributed by atoms with Gasteiger partial charge in [0, 0.05) is 0 Å². The number of unbranched alkanes of at least 4 members (excludes halogenated alkanes) is 43. The summed E-state index contributed by atoms with van der Waals surface area (Å²) in [5.74, 6) is -0.706. The van der Waals surface area contributed by atoms with E-state index in [1.54, 1.807) is 0 Å². The highest BCUT2D eigenvalue weighted by Crippen LogP contribution is 2.24. The largest absolute Gasteiger partial charge is 0.394 e. The Kier molecular flexibility index (Phi) is 56.0. The van der Waals surface area contributed by atoms with Crippen molar-refractivity contribution in [2.24, 2.45) is 0 Å². The molecule has 0 aromatic carbocycles. The normalized spacial score (nSPS) is 19.3. The summed E-state index contributed by atoms with van der Waals surface area (Å²) in [6, 6.07) is -1.19. The topological polar surface area (TPSA) is 189 Å². The van der Waals surface area contributed by atoms with E-state index in [9.17, 15) is 40.5 Å². The van der Waals surface area contributed by atoms with Gasteiger partial charge in [-0.15, -0.1) is 0 Å². The fourth-order valence-corrected chi connectivity index (χ4v) is 11.3. The fourth-order valence-electron chi connectivity index (χ4n) is 11.3. The SMILES string of the molecule is CCCCCCCCCCCC/C=C/CC/C=C/CC/C=C/CCCC(O)C(O)C(COC1OC(CO)C(O)C(O)C1O)NC(=O)C(O)CCCCCCCCCCCCCCCCCCCCCCCCCCCCCCCCC. The van der Waals surface area contributed by atoms with Crippen LogP contribution in [0.25, 0.3) is 0 Å². The van der Waals surface area contributed by atoms with Crippen LogP contribution in [-0.4, -0.2) is 110 Å². The van der Waals surface area contributed by atoms with Gasteiger partial charge in [-0.1, -0.05) is 307 Å². The third kappa shape index (κ3) is 46.3. The number of hydrogen-bond acceptors (Lipinski definition) is 10. The Morgan fingerprint density at radius 2 is 0.741 bits per heavy atom. The highest BCUT2D eigenvalue weighted by Gasteiger charge is 2.44. The summed E-state index contributed by atoms with van der Waals surface area (Å²) in [7, 11) is 0. The van der Waals surface area contributed by atoms with E-state index in [1.807, 2.05) is 0 Å². The molecule has 0 aliphatic carbocycles. The summed E-state index contributed by atoms with van der Waals surface area (Å²) >= 11 is 0. The Balaban J connectivity index is 2.22. The van der Waals surface area contributed by atoms with Gasteiger partial charge in [-0.25, -0.2) is 0 Å². The van der Waals surface area contributed by atoms with Crippen LogP contribution in [0.5, 0.6) is 0 Å². The first-order chi connectivity index (χ1) is 39.7. The Morgan fingerprint density at radius 1 is 0.420 bits per heavy atom. The average Bonchev–Trinajstić information content (AvgIpc) is 3.49. The van der Waals surface area contributed by atoms with Crippen molar-refractivity contribution in [3.63, 3.8) is 0 Å². The summed E-state index contributed by atoms with van der Waals surface area (Å²) in [5, 5.41) is 76.4. The van der Waals surface area contributed by atoms with Crippen LogP contribution < -0.4 is 5.32 Å². The zero-order valence-electron chi connectivity index (χ0n) is 52.8. The molecule has 81 heavy (non-hydrogen) atoms. The second-order valence-electron chi connectivity index (χ2n) is 24.6. The van der Waals surface area contributed by atoms with Gasteiger partial charge in [-0.3, -0.25) is 4.79 Å². The van der Waals surface area contributed by atoms with Crippen molar-refractivity contribution >= 4 is 5.91 Å². The quantitative estimate of drug-likeness (QED) is 0.0215. The molecule has 1 heterocycles. The minimum absolute atomic E-state index is 0.243. The van der Waals surface area contributed by atoms with Crippen molar-refractivity contribution in [2.45, 2.75) is 390 Å². The molecule has 11 nitrogen and oxygen atoms in total. The standard InChI is InChI=1S/C70H133NO10/c1-3-5-7-9-11-13-15-17-19-21-23-25-27-28-29-30-31-32-33-34-36-38-40-42-44-46-48-50-52-54-56-58-63(74)69(79)71-61(60-80-70-68(78)67(77)66(76)64(59-72)81-70)65(75)62(73)57-55-53-51-49-47-45-43-41-39-37-35-26-24-22-20-18-16-14-12-10-8-6-4-2/h26,35,41,43,49,51,61-68,70,72-78H,3-25,27-34,36-40,42,44-48,50,52-60H2,1-2H3,(H,71,79)/b35-26+,43-41+,51-49+. The van der Waals surface area contributed by atoms with Crippen LogP contribution in [0.2, 0.25) is 0 Å². The lowest BCUT2D eigenvalue weighted by Gasteiger charge is -2.40. The summed E-state index contributed by atoms with van der Waals surface area (Å²) < 4.78 is 11.2. The molecule has 0 bridgehead atoms. The number of aliphatic hydroxyl groups excluding tert-OH is 7. The van der Waals surface area contributed by atoms with E-state index in [2.05, 4.69) is 55.6 Å². The number of ether oxygens (including phenoxy) is 2. The van der Waals surface area contributed by atoms with Gasteiger partial charge >= 0.3 is 0 Å². The maximum Gasteiger partial charge on any atom is 0.249 e. The molecule has 0 radical (unpaired) electrons. The number of allylic oxidation sites excluding steroid dienone is 6. The molecule has 0 aromatic rings. The maximum atomic E-state index is 13.2.